The second-order valence-corrected chi connectivity index (χ2v) is 5.57. The van der Waals surface area contributed by atoms with Crippen LogP contribution in [-0.2, 0) is 9.59 Å². The highest BCUT2D eigenvalue weighted by Gasteiger charge is 2.43. The van der Waals surface area contributed by atoms with Gasteiger partial charge in [-0.2, -0.15) is 0 Å². The Labute approximate surface area is 117 Å². The maximum Gasteiger partial charge on any atom is 0.248 e. The number of amides is 2. The standard InChI is InChI=1S/C13H21F2N3O2/c1-16-11(19)9-17-4-6-18(7-5-17)12(20)10-2-3-13(14,15)8-10/h10H,2-9H2,1H3,(H,16,19). The molecule has 2 aliphatic rings. The van der Waals surface area contributed by atoms with Gasteiger partial charge in [-0.1, -0.05) is 0 Å². The molecule has 1 saturated heterocycles. The van der Waals surface area contributed by atoms with E-state index in [0.29, 0.717) is 32.7 Å². The van der Waals surface area contributed by atoms with Gasteiger partial charge in [0, 0.05) is 52.0 Å². The summed E-state index contributed by atoms with van der Waals surface area (Å²) in [4.78, 5) is 27.1. The Kier molecular flexibility index (Phi) is 4.57. The summed E-state index contributed by atoms with van der Waals surface area (Å²) < 4.78 is 26.3. The first-order valence-corrected chi connectivity index (χ1v) is 7.01. The lowest BCUT2D eigenvalue weighted by Gasteiger charge is -2.35. The van der Waals surface area contributed by atoms with E-state index in [9.17, 15) is 18.4 Å². The molecule has 1 saturated carbocycles. The second kappa shape index (κ2) is 6.03. The minimum absolute atomic E-state index is 0.0554. The van der Waals surface area contributed by atoms with Gasteiger partial charge in [-0.3, -0.25) is 14.5 Å². The summed E-state index contributed by atoms with van der Waals surface area (Å²) in [6.07, 6.45) is -0.214. The fourth-order valence-corrected chi connectivity index (χ4v) is 2.83. The highest BCUT2D eigenvalue weighted by molar-refractivity contribution is 5.79. The van der Waals surface area contributed by atoms with Crippen LogP contribution in [0.1, 0.15) is 19.3 Å². The third-order valence-corrected chi connectivity index (χ3v) is 4.08. The predicted molar refractivity (Wildman–Crippen MR) is 69.4 cm³/mol. The molecular formula is C13H21F2N3O2. The molecule has 1 unspecified atom stereocenters. The van der Waals surface area contributed by atoms with Crippen LogP contribution in [0.25, 0.3) is 0 Å². The molecule has 1 heterocycles. The summed E-state index contributed by atoms with van der Waals surface area (Å²) in [6.45, 7) is 2.57. The van der Waals surface area contributed by atoms with Crippen molar-refractivity contribution in [2.24, 2.45) is 5.92 Å². The van der Waals surface area contributed by atoms with Crippen molar-refractivity contribution in [1.82, 2.24) is 15.1 Å². The Morgan fingerprint density at radius 1 is 1.25 bits per heavy atom. The van der Waals surface area contributed by atoms with Gasteiger partial charge in [0.1, 0.15) is 0 Å². The molecule has 0 spiro atoms. The van der Waals surface area contributed by atoms with E-state index in [1.165, 1.54) is 0 Å². The zero-order valence-corrected chi connectivity index (χ0v) is 11.7. The number of carbonyl (C=O) groups excluding carboxylic acids is 2. The van der Waals surface area contributed by atoms with E-state index in [2.05, 4.69) is 5.32 Å². The Hall–Kier alpha value is -1.24. The first-order valence-electron chi connectivity index (χ1n) is 7.01. The van der Waals surface area contributed by atoms with Crippen LogP contribution in [-0.4, -0.2) is 67.3 Å². The third-order valence-electron chi connectivity index (χ3n) is 4.08. The van der Waals surface area contributed by atoms with Crippen molar-refractivity contribution in [3.63, 3.8) is 0 Å². The molecule has 0 aromatic rings. The predicted octanol–water partition coefficient (Wildman–Crippen LogP) is 0.312. The van der Waals surface area contributed by atoms with Gasteiger partial charge < -0.3 is 10.2 Å². The van der Waals surface area contributed by atoms with Gasteiger partial charge >= 0.3 is 0 Å². The number of nitrogens with zero attached hydrogens (tertiary/aromatic N) is 2. The molecule has 1 N–H and O–H groups in total. The van der Waals surface area contributed by atoms with E-state index in [-0.39, 0.29) is 31.1 Å². The van der Waals surface area contributed by atoms with Crippen LogP contribution in [0.15, 0.2) is 0 Å². The molecule has 1 aliphatic carbocycles. The maximum absolute atomic E-state index is 13.1. The van der Waals surface area contributed by atoms with Crippen molar-refractivity contribution in [2.45, 2.75) is 25.2 Å². The normalized spacial score (nSPS) is 26.6. The summed E-state index contributed by atoms with van der Waals surface area (Å²) in [5.41, 5.74) is 0. The second-order valence-electron chi connectivity index (χ2n) is 5.57. The van der Waals surface area contributed by atoms with Gasteiger partial charge in [-0.25, -0.2) is 8.78 Å². The molecule has 2 fully saturated rings. The molecular weight excluding hydrogens is 268 g/mol. The molecule has 1 atom stereocenters. The number of likely N-dealkylation sites (N-methyl/N-ethyl adjacent to an activating group) is 1. The van der Waals surface area contributed by atoms with Crippen molar-refractivity contribution in [3.05, 3.63) is 0 Å². The van der Waals surface area contributed by atoms with Gasteiger partial charge in [0.25, 0.3) is 0 Å². The molecule has 0 aromatic heterocycles. The summed E-state index contributed by atoms with van der Waals surface area (Å²) in [5, 5.41) is 2.56. The zero-order chi connectivity index (χ0) is 14.8. The molecule has 20 heavy (non-hydrogen) atoms. The van der Waals surface area contributed by atoms with Crippen LogP contribution in [0.5, 0.6) is 0 Å². The summed E-state index contributed by atoms with van der Waals surface area (Å²) >= 11 is 0. The topological polar surface area (TPSA) is 52.7 Å². The highest BCUT2D eigenvalue weighted by atomic mass is 19.3. The van der Waals surface area contributed by atoms with E-state index < -0.39 is 11.8 Å². The summed E-state index contributed by atoms with van der Waals surface area (Å²) in [7, 11) is 1.59. The average molecular weight is 289 g/mol. The minimum atomic E-state index is -2.68. The molecule has 5 nitrogen and oxygen atoms in total. The lowest BCUT2D eigenvalue weighted by atomic mass is 10.1. The van der Waals surface area contributed by atoms with E-state index in [1.807, 2.05) is 4.90 Å². The zero-order valence-electron chi connectivity index (χ0n) is 11.7. The molecule has 7 heteroatoms. The van der Waals surface area contributed by atoms with Crippen molar-refractivity contribution in [3.8, 4) is 0 Å². The van der Waals surface area contributed by atoms with E-state index in [4.69, 9.17) is 0 Å². The molecule has 0 radical (unpaired) electrons. The van der Waals surface area contributed by atoms with Crippen LogP contribution in [0.3, 0.4) is 0 Å². The van der Waals surface area contributed by atoms with Crippen LogP contribution >= 0.6 is 0 Å². The first kappa shape index (κ1) is 15.2. The van der Waals surface area contributed by atoms with Crippen LogP contribution in [0, 0.1) is 5.92 Å². The largest absolute Gasteiger partial charge is 0.358 e. The van der Waals surface area contributed by atoms with Crippen LogP contribution in [0.4, 0.5) is 8.78 Å². The maximum atomic E-state index is 13.1. The minimum Gasteiger partial charge on any atom is -0.358 e. The van der Waals surface area contributed by atoms with Gasteiger partial charge in [-0.05, 0) is 6.42 Å². The number of halogens is 2. The van der Waals surface area contributed by atoms with Crippen molar-refractivity contribution >= 4 is 11.8 Å². The molecule has 2 amide bonds. The van der Waals surface area contributed by atoms with Gasteiger partial charge in [0.05, 0.1) is 6.54 Å². The summed E-state index contributed by atoms with van der Waals surface area (Å²) in [6, 6.07) is 0. The van der Waals surface area contributed by atoms with Gasteiger partial charge in [0.15, 0.2) is 0 Å². The molecule has 1 aliphatic heterocycles. The number of nitrogens with one attached hydrogen (secondary N) is 1. The SMILES string of the molecule is CNC(=O)CN1CCN(C(=O)C2CCC(F)(F)C2)CC1. The van der Waals surface area contributed by atoms with E-state index in [1.54, 1.807) is 11.9 Å². The fourth-order valence-electron chi connectivity index (χ4n) is 2.83. The van der Waals surface area contributed by atoms with Crippen molar-refractivity contribution in [2.75, 3.05) is 39.8 Å². The van der Waals surface area contributed by atoms with Crippen molar-refractivity contribution in [1.29, 1.82) is 0 Å². The van der Waals surface area contributed by atoms with Gasteiger partial charge in [-0.15, -0.1) is 0 Å². The Bertz CT molecular complexity index is 382. The number of hydrogen-bond donors (Lipinski definition) is 1. The number of piperazine rings is 1. The van der Waals surface area contributed by atoms with Crippen molar-refractivity contribution < 1.29 is 18.4 Å². The fraction of sp³-hybridized carbons (Fsp3) is 0.846. The van der Waals surface area contributed by atoms with Crippen LogP contribution < -0.4 is 5.32 Å². The third kappa shape index (κ3) is 3.65. The lowest BCUT2D eigenvalue weighted by molar-refractivity contribution is -0.138. The monoisotopic (exact) mass is 289 g/mol. The lowest BCUT2D eigenvalue weighted by Crippen LogP contribution is -2.52. The number of rotatable bonds is 3. The Morgan fingerprint density at radius 2 is 1.90 bits per heavy atom. The van der Waals surface area contributed by atoms with Gasteiger partial charge in [0.2, 0.25) is 17.7 Å². The smallest absolute Gasteiger partial charge is 0.248 e. The Balaban J connectivity index is 1.79. The van der Waals surface area contributed by atoms with Crippen LogP contribution in [0.2, 0.25) is 0 Å². The first-order chi connectivity index (χ1) is 9.41. The molecule has 2 rings (SSSR count). The number of carbonyl (C=O) groups is 2. The number of alkyl halides is 2. The van der Waals surface area contributed by atoms with E-state index >= 15 is 0 Å². The molecule has 114 valence electrons. The van der Waals surface area contributed by atoms with E-state index in [0.717, 1.165) is 0 Å². The Morgan fingerprint density at radius 3 is 2.40 bits per heavy atom. The summed E-state index contributed by atoms with van der Waals surface area (Å²) in [5.74, 6) is -3.42. The molecule has 0 aromatic carbocycles. The number of hydrogen-bond acceptors (Lipinski definition) is 3. The average Bonchev–Trinajstić information content (AvgIpc) is 2.79. The molecule has 0 bridgehead atoms. The quantitative estimate of drug-likeness (QED) is 0.814. The highest BCUT2D eigenvalue weighted by Crippen LogP contribution is 2.39.